The molecular formula is C11H16Cl2N2O. The van der Waals surface area contributed by atoms with Crippen LogP contribution in [0.15, 0.2) is 24.5 Å². The van der Waals surface area contributed by atoms with E-state index in [2.05, 4.69) is 10.3 Å². The van der Waals surface area contributed by atoms with Gasteiger partial charge in [-0.05, 0) is 31.5 Å². The lowest BCUT2D eigenvalue weighted by Crippen LogP contribution is -2.34. The maximum atomic E-state index is 11.9. The second kappa shape index (κ2) is 7.60. The fraction of sp³-hybridized carbons (Fsp3) is 0.455. The molecule has 0 radical (unpaired) electrons. The third-order valence-corrected chi connectivity index (χ3v) is 2.61. The van der Waals surface area contributed by atoms with E-state index in [4.69, 9.17) is 0 Å². The van der Waals surface area contributed by atoms with Crippen molar-refractivity contribution in [1.82, 2.24) is 10.3 Å². The summed E-state index contributed by atoms with van der Waals surface area (Å²) in [4.78, 5) is 15.9. The van der Waals surface area contributed by atoms with Gasteiger partial charge in [-0.25, -0.2) is 0 Å². The molecule has 0 saturated carbocycles. The van der Waals surface area contributed by atoms with Gasteiger partial charge in [-0.2, -0.15) is 0 Å². The number of ketones is 1. The van der Waals surface area contributed by atoms with E-state index in [0.29, 0.717) is 0 Å². The molecule has 0 amide bonds. The molecule has 1 unspecified atom stereocenters. The molecule has 1 aliphatic rings. The summed E-state index contributed by atoms with van der Waals surface area (Å²) >= 11 is 0. The van der Waals surface area contributed by atoms with Gasteiger partial charge in [0.1, 0.15) is 0 Å². The van der Waals surface area contributed by atoms with Crippen molar-refractivity contribution in [2.24, 2.45) is 5.92 Å². The molecule has 1 aromatic heterocycles. The zero-order chi connectivity index (χ0) is 9.80. The summed E-state index contributed by atoms with van der Waals surface area (Å²) in [5, 5.41) is 3.24. The van der Waals surface area contributed by atoms with Crippen LogP contribution in [0.3, 0.4) is 0 Å². The molecule has 2 heterocycles. The number of carbonyl (C=O) groups excluding carboxylic acids is 1. The first-order valence-corrected chi connectivity index (χ1v) is 5.03. The van der Waals surface area contributed by atoms with Crippen LogP contribution in [-0.2, 0) is 0 Å². The number of nitrogens with zero attached hydrogens (tertiary/aromatic N) is 1. The fourth-order valence-corrected chi connectivity index (χ4v) is 1.82. The monoisotopic (exact) mass is 262 g/mol. The standard InChI is InChI=1S/C11H14N2O.2ClH/c14-11(9-3-1-5-12-7-9)10-4-2-6-13-8-10;;/h1,3,5,7,10,13H,2,4,6,8H2;2*1H. The quantitative estimate of drug-likeness (QED) is 0.831. The van der Waals surface area contributed by atoms with Gasteiger partial charge < -0.3 is 5.32 Å². The zero-order valence-electron chi connectivity index (χ0n) is 8.89. The number of rotatable bonds is 2. The Morgan fingerprint density at radius 2 is 2.25 bits per heavy atom. The largest absolute Gasteiger partial charge is 0.316 e. The van der Waals surface area contributed by atoms with Gasteiger partial charge in [-0.3, -0.25) is 9.78 Å². The van der Waals surface area contributed by atoms with E-state index in [1.807, 2.05) is 12.1 Å². The highest BCUT2D eigenvalue weighted by Gasteiger charge is 2.21. The molecule has 1 aromatic rings. The van der Waals surface area contributed by atoms with Gasteiger partial charge in [0.05, 0.1) is 0 Å². The first-order valence-electron chi connectivity index (χ1n) is 5.03. The first kappa shape index (κ1) is 15.4. The van der Waals surface area contributed by atoms with Gasteiger partial charge in [-0.1, -0.05) is 0 Å². The number of halogens is 2. The van der Waals surface area contributed by atoms with Crippen molar-refractivity contribution in [2.75, 3.05) is 13.1 Å². The summed E-state index contributed by atoms with van der Waals surface area (Å²) in [5.74, 6) is 0.373. The number of Topliss-reactive ketones (excluding diaryl/α,β-unsaturated/α-hetero) is 1. The number of hydrogen-bond donors (Lipinski definition) is 1. The summed E-state index contributed by atoms with van der Waals surface area (Å²) < 4.78 is 0. The molecule has 5 heteroatoms. The van der Waals surface area contributed by atoms with Crippen LogP contribution in [0.25, 0.3) is 0 Å². The Kier molecular flexibility index (Phi) is 7.30. The van der Waals surface area contributed by atoms with E-state index in [1.165, 1.54) is 0 Å². The van der Waals surface area contributed by atoms with Gasteiger partial charge in [0, 0.05) is 30.4 Å². The highest BCUT2D eigenvalue weighted by molar-refractivity contribution is 5.97. The van der Waals surface area contributed by atoms with E-state index < -0.39 is 0 Å². The molecule has 1 aliphatic heterocycles. The Labute approximate surface area is 108 Å². The number of aromatic nitrogens is 1. The minimum absolute atomic E-state index is 0. The van der Waals surface area contributed by atoms with Gasteiger partial charge in [0.25, 0.3) is 0 Å². The highest BCUT2D eigenvalue weighted by atomic mass is 35.5. The molecule has 16 heavy (non-hydrogen) atoms. The topological polar surface area (TPSA) is 42.0 Å². The number of pyridine rings is 1. The molecule has 0 spiro atoms. The van der Waals surface area contributed by atoms with Crippen molar-refractivity contribution in [2.45, 2.75) is 12.8 Å². The van der Waals surface area contributed by atoms with Crippen molar-refractivity contribution >= 4 is 30.6 Å². The van der Waals surface area contributed by atoms with Crippen LogP contribution in [0.2, 0.25) is 0 Å². The summed E-state index contributed by atoms with van der Waals surface area (Å²) in [5.41, 5.74) is 0.737. The molecule has 90 valence electrons. The summed E-state index contributed by atoms with van der Waals surface area (Å²) in [6.07, 6.45) is 5.43. The number of nitrogens with one attached hydrogen (secondary N) is 1. The molecule has 1 N–H and O–H groups in total. The van der Waals surface area contributed by atoms with Crippen molar-refractivity contribution in [3.63, 3.8) is 0 Å². The normalized spacial score (nSPS) is 19.1. The predicted molar refractivity (Wildman–Crippen MR) is 68.7 cm³/mol. The zero-order valence-corrected chi connectivity index (χ0v) is 10.5. The van der Waals surface area contributed by atoms with Crippen LogP contribution in [0.1, 0.15) is 23.2 Å². The van der Waals surface area contributed by atoms with Crippen molar-refractivity contribution in [1.29, 1.82) is 0 Å². The number of hydrogen-bond acceptors (Lipinski definition) is 3. The van der Waals surface area contributed by atoms with Crippen LogP contribution in [0, 0.1) is 5.92 Å². The number of carbonyl (C=O) groups is 1. The molecule has 1 atom stereocenters. The summed E-state index contributed by atoms with van der Waals surface area (Å²) in [7, 11) is 0. The molecule has 0 bridgehead atoms. The van der Waals surface area contributed by atoms with Crippen molar-refractivity contribution in [3.8, 4) is 0 Å². The van der Waals surface area contributed by atoms with Crippen LogP contribution in [-0.4, -0.2) is 23.9 Å². The maximum Gasteiger partial charge on any atom is 0.168 e. The van der Waals surface area contributed by atoms with E-state index >= 15 is 0 Å². The molecule has 1 fully saturated rings. The van der Waals surface area contributed by atoms with E-state index in [0.717, 1.165) is 31.5 Å². The molecule has 1 saturated heterocycles. The third-order valence-electron chi connectivity index (χ3n) is 2.61. The Morgan fingerprint density at radius 3 is 2.81 bits per heavy atom. The maximum absolute atomic E-state index is 11.9. The van der Waals surface area contributed by atoms with E-state index in [1.54, 1.807) is 12.4 Å². The second-order valence-electron chi connectivity index (χ2n) is 3.65. The average molecular weight is 263 g/mol. The molecule has 0 aliphatic carbocycles. The lowest BCUT2D eigenvalue weighted by Gasteiger charge is -2.21. The van der Waals surface area contributed by atoms with Gasteiger partial charge >= 0.3 is 0 Å². The summed E-state index contributed by atoms with van der Waals surface area (Å²) in [6.45, 7) is 1.85. The lowest BCUT2D eigenvalue weighted by atomic mass is 9.92. The second-order valence-corrected chi connectivity index (χ2v) is 3.65. The van der Waals surface area contributed by atoms with Gasteiger partial charge in [0.15, 0.2) is 5.78 Å². The van der Waals surface area contributed by atoms with Crippen molar-refractivity contribution < 1.29 is 4.79 Å². The van der Waals surface area contributed by atoms with Gasteiger partial charge in [0.2, 0.25) is 0 Å². The molecule has 0 aromatic carbocycles. The minimum Gasteiger partial charge on any atom is -0.316 e. The Balaban J connectivity index is 0.00000112. The Morgan fingerprint density at radius 1 is 1.44 bits per heavy atom. The molecule has 3 nitrogen and oxygen atoms in total. The van der Waals surface area contributed by atoms with Crippen LogP contribution < -0.4 is 5.32 Å². The molecular weight excluding hydrogens is 247 g/mol. The fourth-order valence-electron chi connectivity index (χ4n) is 1.82. The van der Waals surface area contributed by atoms with Gasteiger partial charge in [-0.15, -0.1) is 24.8 Å². The summed E-state index contributed by atoms with van der Waals surface area (Å²) in [6, 6.07) is 3.65. The van der Waals surface area contributed by atoms with E-state index in [9.17, 15) is 4.79 Å². The van der Waals surface area contributed by atoms with E-state index in [-0.39, 0.29) is 36.5 Å². The average Bonchev–Trinajstić information content (AvgIpc) is 2.30. The number of piperidine rings is 1. The Bertz CT molecular complexity index is 313. The lowest BCUT2D eigenvalue weighted by molar-refractivity contribution is 0.0899. The van der Waals surface area contributed by atoms with Crippen molar-refractivity contribution in [3.05, 3.63) is 30.1 Å². The Hall–Kier alpha value is -0.640. The molecule has 2 rings (SSSR count). The highest BCUT2D eigenvalue weighted by Crippen LogP contribution is 2.15. The third kappa shape index (κ3) is 3.74. The van der Waals surface area contributed by atoms with Crippen LogP contribution in [0.4, 0.5) is 0 Å². The predicted octanol–water partition coefficient (Wildman–Crippen LogP) is 2.11. The smallest absolute Gasteiger partial charge is 0.168 e. The minimum atomic E-state index is 0. The first-order chi connectivity index (χ1) is 6.88. The SMILES string of the molecule is Cl.Cl.O=C(c1cccnc1)C1CCCNC1. The van der Waals surface area contributed by atoms with Crippen LogP contribution in [0.5, 0.6) is 0 Å². The van der Waals surface area contributed by atoms with Crippen LogP contribution >= 0.6 is 24.8 Å².